The van der Waals surface area contributed by atoms with Gasteiger partial charge in [-0.05, 0) is 56.9 Å². The van der Waals surface area contributed by atoms with Gasteiger partial charge >= 0.3 is 6.18 Å². The fraction of sp³-hybridized carbons (Fsp3) is 0.478. The van der Waals surface area contributed by atoms with Gasteiger partial charge in [0.05, 0.1) is 29.6 Å². The number of likely N-dealkylation sites (tertiary alicyclic amines) is 1. The molecule has 1 aromatic carbocycles. The third kappa shape index (κ3) is 4.13. The summed E-state index contributed by atoms with van der Waals surface area (Å²) in [7, 11) is 1.81. The van der Waals surface area contributed by atoms with Crippen molar-refractivity contribution < 1.29 is 22.7 Å². The summed E-state index contributed by atoms with van der Waals surface area (Å²) in [6, 6.07) is 6.81. The second kappa shape index (κ2) is 7.82. The first-order chi connectivity index (χ1) is 14.6. The molecule has 2 aliphatic rings. The van der Waals surface area contributed by atoms with Crippen LogP contribution in [-0.4, -0.2) is 41.0 Å². The molecule has 1 spiro atoms. The van der Waals surface area contributed by atoms with Crippen LogP contribution in [0.1, 0.15) is 50.4 Å². The van der Waals surface area contributed by atoms with Gasteiger partial charge in [-0.2, -0.15) is 13.2 Å². The molecule has 4 rings (SSSR count). The van der Waals surface area contributed by atoms with E-state index in [2.05, 4.69) is 10.3 Å². The molecule has 1 amide bonds. The Morgan fingerprint density at radius 2 is 1.94 bits per heavy atom. The zero-order valence-corrected chi connectivity index (χ0v) is 17.8. The van der Waals surface area contributed by atoms with E-state index in [1.807, 2.05) is 27.0 Å². The number of alkyl halides is 3. The summed E-state index contributed by atoms with van der Waals surface area (Å²) in [5, 5.41) is 3.49. The van der Waals surface area contributed by atoms with Crippen LogP contribution in [0.2, 0.25) is 0 Å². The van der Waals surface area contributed by atoms with Crippen LogP contribution < -0.4 is 10.1 Å². The molecule has 2 saturated heterocycles. The Morgan fingerprint density at radius 1 is 1.23 bits per heavy atom. The van der Waals surface area contributed by atoms with Crippen LogP contribution in [0.3, 0.4) is 0 Å². The number of aromatic nitrogens is 1. The maximum absolute atomic E-state index is 13.0. The SMILES string of the molecule is CC(C)Oc1cnc([C@@H]2CC[C@]3(CCN(C)C3=O)N2)cc1-c1ccc(C(F)(F)F)cc1. The number of likely N-dealkylation sites (N-methyl/N-ethyl adjacent to an activating group) is 1. The van der Waals surface area contributed by atoms with Crippen LogP contribution in [0.15, 0.2) is 36.5 Å². The van der Waals surface area contributed by atoms with E-state index >= 15 is 0 Å². The second-order valence-electron chi connectivity index (χ2n) is 8.64. The van der Waals surface area contributed by atoms with Crippen LogP contribution >= 0.6 is 0 Å². The maximum atomic E-state index is 13.0. The predicted octanol–water partition coefficient (Wildman–Crippen LogP) is 4.58. The first kappa shape index (κ1) is 21.6. The minimum Gasteiger partial charge on any atom is -0.489 e. The number of benzene rings is 1. The molecule has 2 atom stereocenters. The standard InChI is InChI=1S/C23H26F3N3O2/c1-14(2)31-20-13-27-19(18-8-9-22(28-18)10-11-29(3)21(22)30)12-17(20)15-4-6-16(7-5-15)23(24,25)26/h4-7,12-14,18,28H,8-11H2,1-3H3/t18-,22+/m0/s1. The van der Waals surface area contributed by atoms with Gasteiger partial charge in [0.2, 0.25) is 5.91 Å². The zero-order chi connectivity index (χ0) is 22.4. The number of carbonyl (C=O) groups is 1. The van der Waals surface area contributed by atoms with E-state index in [-0.39, 0.29) is 18.1 Å². The van der Waals surface area contributed by atoms with E-state index in [4.69, 9.17) is 4.74 Å². The van der Waals surface area contributed by atoms with Gasteiger partial charge < -0.3 is 9.64 Å². The van der Waals surface area contributed by atoms with Gasteiger partial charge in [-0.1, -0.05) is 12.1 Å². The number of nitrogens with zero attached hydrogens (tertiary/aromatic N) is 2. The Morgan fingerprint density at radius 3 is 2.52 bits per heavy atom. The number of nitrogens with one attached hydrogen (secondary N) is 1. The number of rotatable bonds is 4. The third-order valence-corrected chi connectivity index (χ3v) is 6.07. The Balaban J connectivity index is 1.66. The molecule has 1 aromatic heterocycles. The fourth-order valence-corrected chi connectivity index (χ4v) is 4.45. The lowest BCUT2D eigenvalue weighted by molar-refractivity contribution is -0.137. The second-order valence-corrected chi connectivity index (χ2v) is 8.64. The van der Waals surface area contributed by atoms with Crippen LogP contribution in [0.25, 0.3) is 11.1 Å². The lowest BCUT2D eigenvalue weighted by Crippen LogP contribution is -2.47. The molecule has 5 nitrogen and oxygen atoms in total. The summed E-state index contributed by atoms with van der Waals surface area (Å²) in [5.74, 6) is 0.626. The number of halogens is 3. The highest BCUT2D eigenvalue weighted by Gasteiger charge is 2.50. The lowest BCUT2D eigenvalue weighted by atomic mass is 9.96. The van der Waals surface area contributed by atoms with Crippen molar-refractivity contribution in [3.05, 3.63) is 47.8 Å². The highest BCUT2D eigenvalue weighted by molar-refractivity contribution is 5.88. The molecule has 0 saturated carbocycles. The van der Waals surface area contributed by atoms with Crippen molar-refractivity contribution in [1.29, 1.82) is 0 Å². The first-order valence-electron chi connectivity index (χ1n) is 10.5. The third-order valence-electron chi connectivity index (χ3n) is 6.07. The molecule has 0 bridgehead atoms. The van der Waals surface area contributed by atoms with Gasteiger partial charge in [0.15, 0.2) is 0 Å². The lowest BCUT2D eigenvalue weighted by Gasteiger charge is -2.23. The minimum absolute atomic E-state index is 0.100. The molecule has 0 radical (unpaired) electrons. The molecule has 2 aliphatic heterocycles. The summed E-state index contributed by atoms with van der Waals surface area (Å²) in [6.07, 6.45) is -0.606. The summed E-state index contributed by atoms with van der Waals surface area (Å²) in [6.45, 7) is 4.49. The minimum atomic E-state index is -4.39. The highest BCUT2D eigenvalue weighted by atomic mass is 19.4. The first-order valence-corrected chi connectivity index (χ1v) is 10.5. The number of hydrogen-bond acceptors (Lipinski definition) is 4. The zero-order valence-electron chi connectivity index (χ0n) is 17.8. The normalized spacial score (nSPS) is 23.9. The Bertz CT molecular complexity index is 975. The largest absolute Gasteiger partial charge is 0.489 e. The van der Waals surface area contributed by atoms with Gasteiger partial charge in [-0.15, -0.1) is 0 Å². The summed E-state index contributed by atoms with van der Waals surface area (Å²) < 4.78 is 44.8. The van der Waals surface area contributed by atoms with Crippen LogP contribution in [-0.2, 0) is 11.0 Å². The fourth-order valence-electron chi connectivity index (χ4n) is 4.45. The van der Waals surface area contributed by atoms with Gasteiger partial charge in [0, 0.05) is 19.2 Å². The molecular weight excluding hydrogens is 407 g/mol. The number of hydrogen-bond donors (Lipinski definition) is 1. The monoisotopic (exact) mass is 433 g/mol. The molecule has 1 N–H and O–H groups in total. The van der Waals surface area contributed by atoms with Crippen LogP contribution in [0, 0.1) is 0 Å². The average molecular weight is 433 g/mol. The van der Waals surface area contributed by atoms with Crippen molar-refractivity contribution in [3.63, 3.8) is 0 Å². The van der Waals surface area contributed by atoms with E-state index in [1.54, 1.807) is 11.1 Å². The molecule has 2 aromatic rings. The van der Waals surface area contributed by atoms with Crippen molar-refractivity contribution in [2.75, 3.05) is 13.6 Å². The predicted molar refractivity (Wildman–Crippen MR) is 111 cm³/mol. The van der Waals surface area contributed by atoms with Gasteiger partial charge in [0.1, 0.15) is 11.3 Å². The Labute approximate surface area is 179 Å². The van der Waals surface area contributed by atoms with Gasteiger partial charge in [-0.3, -0.25) is 15.1 Å². The number of amides is 1. The van der Waals surface area contributed by atoms with E-state index in [0.717, 1.165) is 43.6 Å². The number of carbonyl (C=O) groups excluding carboxylic acids is 1. The van der Waals surface area contributed by atoms with E-state index in [1.165, 1.54) is 12.1 Å². The molecule has 2 fully saturated rings. The molecule has 31 heavy (non-hydrogen) atoms. The van der Waals surface area contributed by atoms with Crippen LogP contribution in [0.4, 0.5) is 13.2 Å². The van der Waals surface area contributed by atoms with Crippen molar-refractivity contribution in [2.45, 2.75) is 57.0 Å². The Hall–Kier alpha value is -2.61. The van der Waals surface area contributed by atoms with E-state index in [9.17, 15) is 18.0 Å². The molecular formula is C23H26F3N3O2. The maximum Gasteiger partial charge on any atom is 0.416 e. The number of ether oxygens (including phenoxy) is 1. The molecule has 8 heteroatoms. The van der Waals surface area contributed by atoms with Crippen LogP contribution in [0.5, 0.6) is 5.75 Å². The van der Waals surface area contributed by atoms with Crippen molar-refractivity contribution in [2.24, 2.45) is 0 Å². The summed E-state index contributed by atoms with van der Waals surface area (Å²) in [5.41, 5.74) is 0.829. The summed E-state index contributed by atoms with van der Waals surface area (Å²) in [4.78, 5) is 18.9. The summed E-state index contributed by atoms with van der Waals surface area (Å²) >= 11 is 0. The topological polar surface area (TPSA) is 54.5 Å². The van der Waals surface area contributed by atoms with E-state index < -0.39 is 17.3 Å². The van der Waals surface area contributed by atoms with Crippen molar-refractivity contribution in [3.8, 4) is 16.9 Å². The number of pyridine rings is 1. The van der Waals surface area contributed by atoms with E-state index in [0.29, 0.717) is 16.9 Å². The smallest absolute Gasteiger partial charge is 0.416 e. The molecule has 166 valence electrons. The molecule has 0 aliphatic carbocycles. The van der Waals surface area contributed by atoms with Crippen molar-refractivity contribution >= 4 is 5.91 Å². The average Bonchev–Trinajstić information content (AvgIpc) is 3.27. The molecule has 0 unspecified atom stereocenters. The van der Waals surface area contributed by atoms with Gasteiger partial charge in [-0.25, -0.2) is 0 Å². The molecule has 3 heterocycles. The van der Waals surface area contributed by atoms with Crippen molar-refractivity contribution in [1.82, 2.24) is 15.2 Å². The quantitative estimate of drug-likeness (QED) is 0.767. The van der Waals surface area contributed by atoms with Gasteiger partial charge in [0.25, 0.3) is 0 Å². The Kier molecular flexibility index (Phi) is 5.45. The highest BCUT2D eigenvalue weighted by Crippen LogP contribution is 2.41.